The molecule has 3 N–H and O–H groups in total. The minimum atomic E-state index is 0.445. The van der Waals surface area contributed by atoms with Crippen LogP contribution in [-0.2, 0) is 0 Å². The molecule has 2 bridgehead atoms. The van der Waals surface area contributed by atoms with Crippen LogP contribution < -0.4 is 20.5 Å². The Morgan fingerprint density at radius 3 is 2.43 bits per heavy atom. The van der Waals surface area contributed by atoms with Gasteiger partial charge in [-0.15, -0.1) is 0 Å². The number of nitrogens with two attached hydrogens (primary N) is 1. The van der Waals surface area contributed by atoms with E-state index in [1.54, 1.807) is 14.2 Å². The molecule has 4 nitrogen and oxygen atoms in total. The van der Waals surface area contributed by atoms with Crippen LogP contribution in [0.5, 0.6) is 11.5 Å². The molecule has 2 aliphatic rings. The summed E-state index contributed by atoms with van der Waals surface area (Å²) in [5.74, 6) is 4.03. The highest BCUT2D eigenvalue weighted by atomic mass is 16.5. The minimum Gasteiger partial charge on any atom is -0.493 e. The number of rotatable bonds is 5. The Labute approximate surface area is 127 Å². The Morgan fingerprint density at radius 2 is 1.86 bits per heavy atom. The molecule has 0 aliphatic heterocycles. The first kappa shape index (κ1) is 14.4. The third-order valence-corrected chi connectivity index (χ3v) is 5.37. The maximum Gasteiger partial charge on any atom is 0.162 e. The number of hydrogen-bond acceptors (Lipinski definition) is 4. The molecule has 2 fully saturated rings. The van der Waals surface area contributed by atoms with Gasteiger partial charge < -0.3 is 20.5 Å². The van der Waals surface area contributed by atoms with Gasteiger partial charge in [-0.25, -0.2) is 0 Å². The molecule has 1 aromatic carbocycles. The number of nitrogen functional groups attached to an aromatic ring is 1. The van der Waals surface area contributed by atoms with E-state index in [4.69, 9.17) is 15.2 Å². The summed E-state index contributed by atoms with van der Waals surface area (Å²) in [6.07, 6.45) is 5.64. The predicted molar refractivity (Wildman–Crippen MR) is 86.0 cm³/mol. The summed E-state index contributed by atoms with van der Waals surface area (Å²) >= 11 is 0. The number of fused-ring (bicyclic) bond motifs is 2. The molecule has 4 heteroatoms. The van der Waals surface area contributed by atoms with E-state index in [1.807, 2.05) is 12.1 Å². The summed E-state index contributed by atoms with van der Waals surface area (Å²) in [5.41, 5.74) is 7.80. The number of methoxy groups -OCH3 is 2. The summed E-state index contributed by atoms with van der Waals surface area (Å²) in [4.78, 5) is 0. The monoisotopic (exact) mass is 290 g/mol. The standard InChI is InChI=1S/C17H26N2O2/c1-10(13-7-11-4-5-12(13)6-11)19-15-9-17(21-3)16(20-2)8-14(15)18/h8-13,19H,4-7,18H2,1-3H3. The minimum absolute atomic E-state index is 0.445. The van der Waals surface area contributed by atoms with E-state index >= 15 is 0 Å². The second kappa shape index (κ2) is 5.66. The van der Waals surface area contributed by atoms with Crippen LogP contribution in [0, 0.1) is 17.8 Å². The first-order chi connectivity index (χ1) is 10.1. The fraction of sp³-hybridized carbons (Fsp3) is 0.647. The highest BCUT2D eigenvalue weighted by Gasteiger charge is 2.41. The van der Waals surface area contributed by atoms with Gasteiger partial charge in [0.25, 0.3) is 0 Å². The van der Waals surface area contributed by atoms with Crippen LogP contribution in [0.2, 0.25) is 0 Å². The molecule has 2 aliphatic carbocycles. The van der Waals surface area contributed by atoms with E-state index in [9.17, 15) is 0 Å². The van der Waals surface area contributed by atoms with Crippen LogP contribution in [0.25, 0.3) is 0 Å². The second-order valence-electron chi connectivity index (χ2n) is 6.57. The molecular weight excluding hydrogens is 264 g/mol. The summed E-state index contributed by atoms with van der Waals surface area (Å²) in [5, 5.41) is 3.60. The molecule has 0 saturated heterocycles. The molecule has 0 heterocycles. The topological polar surface area (TPSA) is 56.5 Å². The van der Waals surface area contributed by atoms with Crippen molar-refractivity contribution in [1.82, 2.24) is 0 Å². The first-order valence-electron chi connectivity index (χ1n) is 7.90. The molecule has 0 aromatic heterocycles. The Bertz CT molecular complexity index is 518. The lowest BCUT2D eigenvalue weighted by Gasteiger charge is -2.30. The van der Waals surface area contributed by atoms with Crippen molar-refractivity contribution in [2.24, 2.45) is 17.8 Å². The number of ether oxygens (including phenoxy) is 2. The SMILES string of the molecule is COc1cc(N)c(NC(C)C2CC3CCC2C3)cc1OC. The molecule has 21 heavy (non-hydrogen) atoms. The van der Waals surface area contributed by atoms with Crippen molar-refractivity contribution in [3.8, 4) is 11.5 Å². The van der Waals surface area contributed by atoms with Crippen LogP contribution in [0.15, 0.2) is 12.1 Å². The van der Waals surface area contributed by atoms with Gasteiger partial charge in [-0.3, -0.25) is 0 Å². The fourth-order valence-electron chi connectivity index (χ4n) is 4.28. The molecule has 2 saturated carbocycles. The summed E-state index contributed by atoms with van der Waals surface area (Å²) < 4.78 is 10.7. The van der Waals surface area contributed by atoms with Gasteiger partial charge in [0.2, 0.25) is 0 Å². The van der Waals surface area contributed by atoms with Gasteiger partial charge in [-0.1, -0.05) is 6.42 Å². The molecular formula is C17H26N2O2. The van der Waals surface area contributed by atoms with Gasteiger partial charge >= 0.3 is 0 Å². The predicted octanol–water partition coefficient (Wildman–Crippen LogP) is 3.52. The van der Waals surface area contributed by atoms with E-state index in [0.717, 1.165) is 23.4 Å². The van der Waals surface area contributed by atoms with Gasteiger partial charge in [0.05, 0.1) is 25.6 Å². The zero-order valence-corrected chi connectivity index (χ0v) is 13.2. The molecule has 0 radical (unpaired) electrons. The number of benzene rings is 1. The van der Waals surface area contributed by atoms with Gasteiger partial charge in [0, 0.05) is 18.2 Å². The summed E-state index contributed by atoms with van der Waals surface area (Å²) in [6, 6.07) is 4.22. The third kappa shape index (κ3) is 2.63. The normalized spacial score (nSPS) is 28.4. The third-order valence-electron chi connectivity index (χ3n) is 5.37. The van der Waals surface area contributed by atoms with Gasteiger partial charge in [-0.2, -0.15) is 0 Å². The van der Waals surface area contributed by atoms with Crippen LogP contribution in [0.4, 0.5) is 11.4 Å². The Kier molecular flexibility index (Phi) is 3.87. The number of nitrogens with one attached hydrogen (secondary N) is 1. The molecule has 4 atom stereocenters. The zero-order chi connectivity index (χ0) is 15.0. The zero-order valence-electron chi connectivity index (χ0n) is 13.2. The van der Waals surface area contributed by atoms with E-state index in [2.05, 4.69) is 12.2 Å². The lowest BCUT2D eigenvalue weighted by molar-refractivity contribution is 0.304. The molecule has 116 valence electrons. The van der Waals surface area contributed by atoms with Crippen molar-refractivity contribution in [2.75, 3.05) is 25.3 Å². The van der Waals surface area contributed by atoms with Gasteiger partial charge in [0.15, 0.2) is 11.5 Å². The largest absolute Gasteiger partial charge is 0.493 e. The van der Waals surface area contributed by atoms with E-state index in [-0.39, 0.29) is 0 Å². The van der Waals surface area contributed by atoms with Crippen LogP contribution in [0.3, 0.4) is 0 Å². The fourth-order valence-corrected chi connectivity index (χ4v) is 4.28. The molecule has 0 amide bonds. The maximum atomic E-state index is 6.15. The highest BCUT2D eigenvalue weighted by molar-refractivity contribution is 5.72. The molecule has 3 rings (SSSR count). The Morgan fingerprint density at radius 1 is 1.14 bits per heavy atom. The quantitative estimate of drug-likeness (QED) is 0.815. The lowest BCUT2D eigenvalue weighted by Crippen LogP contribution is -2.30. The van der Waals surface area contributed by atoms with Gasteiger partial charge in [0.1, 0.15) is 0 Å². The Balaban J connectivity index is 1.75. The van der Waals surface area contributed by atoms with Crippen LogP contribution in [0.1, 0.15) is 32.6 Å². The van der Waals surface area contributed by atoms with Crippen molar-refractivity contribution in [1.29, 1.82) is 0 Å². The highest BCUT2D eigenvalue weighted by Crippen LogP contribution is 2.50. The molecule has 1 aromatic rings. The summed E-state index contributed by atoms with van der Waals surface area (Å²) in [7, 11) is 3.28. The average molecular weight is 290 g/mol. The first-order valence-corrected chi connectivity index (χ1v) is 7.90. The number of anilines is 2. The van der Waals surface area contributed by atoms with Crippen LogP contribution in [-0.4, -0.2) is 20.3 Å². The van der Waals surface area contributed by atoms with E-state index in [0.29, 0.717) is 23.2 Å². The van der Waals surface area contributed by atoms with Crippen molar-refractivity contribution in [3.05, 3.63) is 12.1 Å². The van der Waals surface area contributed by atoms with E-state index < -0.39 is 0 Å². The Hall–Kier alpha value is -1.58. The van der Waals surface area contributed by atoms with E-state index in [1.165, 1.54) is 25.7 Å². The van der Waals surface area contributed by atoms with Crippen molar-refractivity contribution in [3.63, 3.8) is 0 Å². The van der Waals surface area contributed by atoms with Gasteiger partial charge in [-0.05, 0) is 43.9 Å². The second-order valence-corrected chi connectivity index (χ2v) is 6.57. The van der Waals surface area contributed by atoms with Crippen molar-refractivity contribution >= 4 is 11.4 Å². The maximum absolute atomic E-state index is 6.15. The summed E-state index contributed by atoms with van der Waals surface area (Å²) in [6.45, 7) is 2.28. The average Bonchev–Trinajstić information content (AvgIpc) is 3.11. The lowest BCUT2D eigenvalue weighted by atomic mass is 9.84. The number of hydrogen-bond donors (Lipinski definition) is 2. The van der Waals surface area contributed by atoms with Crippen LogP contribution >= 0.6 is 0 Å². The van der Waals surface area contributed by atoms with Crippen molar-refractivity contribution in [2.45, 2.75) is 38.6 Å². The molecule has 0 spiro atoms. The smallest absolute Gasteiger partial charge is 0.162 e. The van der Waals surface area contributed by atoms with Crippen molar-refractivity contribution < 1.29 is 9.47 Å². The molecule has 4 unspecified atom stereocenters.